The molecule has 128 valence electrons. The fraction of sp³-hybridized carbons (Fsp3) is 0.500. The van der Waals surface area contributed by atoms with Gasteiger partial charge in [-0.3, -0.25) is 4.79 Å². The van der Waals surface area contributed by atoms with E-state index in [9.17, 15) is 4.79 Å². The SMILES string of the molecule is CC(C)Cc1nc(CN2c3ccccc3[C@@H](C(N)=O)C[C@H]2C)no1. The van der Waals surface area contributed by atoms with Gasteiger partial charge in [-0.05, 0) is 30.9 Å². The van der Waals surface area contributed by atoms with E-state index in [-0.39, 0.29) is 17.9 Å². The molecule has 3 rings (SSSR count). The lowest BCUT2D eigenvalue weighted by Crippen LogP contribution is -2.41. The Morgan fingerprint density at radius 1 is 1.42 bits per heavy atom. The maximum atomic E-state index is 11.8. The number of hydrogen-bond acceptors (Lipinski definition) is 5. The van der Waals surface area contributed by atoms with Gasteiger partial charge in [-0.25, -0.2) is 0 Å². The molecule has 1 amide bonds. The van der Waals surface area contributed by atoms with Gasteiger partial charge in [0, 0.05) is 18.2 Å². The topological polar surface area (TPSA) is 85.3 Å². The summed E-state index contributed by atoms with van der Waals surface area (Å²) >= 11 is 0. The van der Waals surface area contributed by atoms with Crippen LogP contribution in [0.1, 0.15) is 50.4 Å². The lowest BCUT2D eigenvalue weighted by atomic mass is 9.85. The zero-order valence-electron chi connectivity index (χ0n) is 14.4. The van der Waals surface area contributed by atoms with Crippen LogP contribution in [0.4, 0.5) is 5.69 Å². The Hall–Kier alpha value is -2.37. The van der Waals surface area contributed by atoms with Crippen molar-refractivity contribution < 1.29 is 9.32 Å². The van der Waals surface area contributed by atoms with E-state index < -0.39 is 0 Å². The van der Waals surface area contributed by atoms with Crippen molar-refractivity contribution in [3.63, 3.8) is 0 Å². The number of para-hydroxylation sites is 1. The van der Waals surface area contributed by atoms with Crippen molar-refractivity contribution in [2.75, 3.05) is 4.90 Å². The fourth-order valence-corrected chi connectivity index (χ4v) is 3.33. The lowest BCUT2D eigenvalue weighted by Gasteiger charge is -2.39. The van der Waals surface area contributed by atoms with Crippen LogP contribution in [0.3, 0.4) is 0 Å². The Balaban J connectivity index is 1.86. The molecule has 0 radical (unpaired) electrons. The molecule has 24 heavy (non-hydrogen) atoms. The van der Waals surface area contributed by atoms with Crippen LogP contribution in [0, 0.1) is 5.92 Å². The zero-order chi connectivity index (χ0) is 17.3. The monoisotopic (exact) mass is 328 g/mol. The van der Waals surface area contributed by atoms with Crippen molar-refractivity contribution in [1.82, 2.24) is 10.1 Å². The van der Waals surface area contributed by atoms with Crippen LogP contribution in [0.2, 0.25) is 0 Å². The predicted molar refractivity (Wildman–Crippen MR) is 91.5 cm³/mol. The molecule has 0 aliphatic carbocycles. The summed E-state index contributed by atoms with van der Waals surface area (Å²) in [6.45, 7) is 6.90. The number of carbonyl (C=O) groups excluding carboxylic acids is 1. The van der Waals surface area contributed by atoms with Gasteiger partial charge in [-0.2, -0.15) is 4.98 Å². The molecule has 2 aromatic rings. The molecule has 2 N–H and O–H groups in total. The Morgan fingerprint density at radius 2 is 2.17 bits per heavy atom. The van der Waals surface area contributed by atoms with Crippen LogP contribution in [0.25, 0.3) is 0 Å². The number of hydrogen-bond donors (Lipinski definition) is 1. The number of rotatable bonds is 5. The molecular weight excluding hydrogens is 304 g/mol. The second-order valence-corrected chi connectivity index (χ2v) is 6.93. The molecule has 6 heteroatoms. The van der Waals surface area contributed by atoms with Gasteiger partial charge in [-0.15, -0.1) is 0 Å². The van der Waals surface area contributed by atoms with Gasteiger partial charge in [0.2, 0.25) is 11.8 Å². The highest BCUT2D eigenvalue weighted by molar-refractivity contribution is 5.85. The minimum Gasteiger partial charge on any atom is -0.369 e. The smallest absolute Gasteiger partial charge is 0.226 e. The van der Waals surface area contributed by atoms with Crippen LogP contribution in [-0.4, -0.2) is 22.1 Å². The van der Waals surface area contributed by atoms with Gasteiger partial charge < -0.3 is 15.2 Å². The molecule has 2 heterocycles. The van der Waals surface area contributed by atoms with Gasteiger partial charge in [-0.1, -0.05) is 37.2 Å². The highest BCUT2D eigenvalue weighted by atomic mass is 16.5. The zero-order valence-corrected chi connectivity index (χ0v) is 14.4. The largest absolute Gasteiger partial charge is 0.369 e. The Bertz CT molecular complexity index is 725. The molecule has 1 aromatic heterocycles. The van der Waals surface area contributed by atoms with Crippen molar-refractivity contribution in [3.8, 4) is 0 Å². The van der Waals surface area contributed by atoms with Gasteiger partial charge in [0.15, 0.2) is 5.82 Å². The summed E-state index contributed by atoms with van der Waals surface area (Å²) in [4.78, 5) is 18.5. The van der Waals surface area contributed by atoms with E-state index >= 15 is 0 Å². The van der Waals surface area contributed by atoms with Crippen LogP contribution < -0.4 is 10.6 Å². The average Bonchev–Trinajstić information content (AvgIpc) is 2.96. The first-order valence-corrected chi connectivity index (χ1v) is 8.42. The number of aromatic nitrogens is 2. The number of primary amides is 1. The first kappa shape index (κ1) is 16.5. The maximum absolute atomic E-state index is 11.8. The maximum Gasteiger partial charge on any atom is 0.226 e. The van der Waals surface area contributed by atoms with Crippen LogP contribution >= 0.6 is 0 Å². The molecule has 0 unspecified atom stereocenters. The minimum absolute atomic E-state index is 0.171. The van der Waals surface area contributed by atoms with E-state index in [0.717, 1.165) is 17.7 Å². The van der Waals surface area contributed by atoms with Crippen molar-refractivity contribution in [2.24, 2.45) is 11.7 Å². The molecule has 1 aromatic carbocycles. The van der Waals surface area contributed by atoms with Gasteiger partial charge in [0.05, 0.1) is 12.5 Å². The van der Waals surface area contributed by atoms with Crippen LogP contribution in [-0.2, 0) is 17.8 Å². The second kappa shape index (κ2) is 6.63. The first-order valence-electron chi connectivity index (χ1n) is 8.42. The Labute approximate surface area is 142 Å². The third-order valence-corrected chi connectivity index (χ3v) is 4.48. The van der Waals surface area contributed by atoms with Crippen molar-refractivity contribution in [2.45, 2.75) is 52.1 Å². The van der Waals surface area contributed by atoms with E-state index in [1.807, 2.05) is 24.3 Å². The molecule has 0 saturated heterocycles. The van der Waals surface area contributed by atoms with Crippen molar-refractivity contribution in [3.05, 3.63) is 41.5 Å². The molecule has 2 atom stereocenters. The number of amides is 1. The number of nitrogens with two attached hydrogens (primary N) is 1. The van der Waals surface area contributed by atoms with Crippen LogP contribution in [0.5, 0.6) is 0 Å². The molecule has 0 spiro atoms. The van der Waals surface area contributed by atoms with E-state index in [1.165, 1.54) is 0 Å². The Kier molecular flexibility index (Phi) is 4.55. The molecule has 0 saturated carbocycles. The number of benzene rings is 1. The molecule has 1 aliphatic rings. The molecule has 1 aliphatic heterocycles. The van der Waals surface area contributed by atoms with Gasteiger partial charge in [0.1, 0.15) is 0 Å². The number of fused-ring (bicyclic) bond motifs is 1. The minimum atomic E-state index is -0.271. The van der Waals surface area contributed by atoms with Gasteiger partial charge >= 0.3 is 0 Å². The van der Waals surface area contributed by atoms with E-state index in [2.05, 4.69) is 35.8 Å². The molecular formula is C18H24N4O2. The van der Waals surface area contributed by atoms with Crippen LogP contribution in [0.15, 0.2) is 28.8 Å². The number of carbonyl (C=O) groups is 1. The lowest BCUT2D eigenvalue weighted by molar-refractivity contribution is -0.119. The summed E-state index contributed by atoms with van der Waals surface area (Å²) in [5, 5.41) is 4.11. The predicted octanol–water partition coefficient (Wildman–Crippen LogP) is 2.64. The summed E-state index contributed by atoms with van der Waals surface area (Å²) < 4.78 is 5.34. The summed E-state index contributed by atoms with van der Waals surface area (Å²) in [5.41, 5.74) is 7.60. The summed E-state index contributed by atoms with van der Waals surface area (Å²) in [5.74, 6) is 1.31. The summed E-state index contributed by atoms with van der Waals surface area (Å²) in [6.07, 6.45) is 1.48. The van der Waals surface area contributed by atoms with Crippen molar-refractivity contribution >= 4 is 11.6 Å². The highest BCUT2D eigenvalue weighted by Gasteiger charge is 2.33. The molecule has 0 bridgehead atoms. The van der Waals surface area contributed by atoms with E-state index in [4.69, 9.17) is 10.3 Å². The average molecular weight is 328 g/mol. The summed E-state index contributed by atoms with van der Waals surface area (Å²) in [6, 6.07) is 8.09. The molecule has 6 nitrogen and oxygen atoms in total. The third kappa shape index (κ3) is 3.27. The van der Waals surface area contributed by atoms with E-state index in [0.29, 0.717) is 30.6 Å². The number of nitrogens with zero attached hydrogens (tertiary/aromatic N) is 3. The second-order valence-electron chi connectivity index (χ2n) is 6.93. The molecule has 0 fully saturated rings. The third-order valence-electron chi connectivity index (χ3n) is 4.48. The van der Waals surface area contributed by atoms with Gasteiger partial charge in [0.25, 0.3) is 0 Å². The Morgan fingerprint density at radius 3 is 2.88 bits per heavy atom. The van der Waals surface area contributed by atoms with Crippen molar-refractivity contribution in [1.29, 1.82) is 0 Å². The highest BCUT2D eigenvalue weighted by Crippen LogP contribution is 2.38. The fourth-order valence-electron chi connectivity index (χ4n) is 3.33. The number of anilines is 1. The van der Waals surface area contributed by atoms with E-state index in [1.54, 1.807) is 0 Å². The first-order chi connectivity index (χ1) is 11.5. The normalized spacial score (nSPS) is 20.2. The summed E-state index contributed by atoms with van der Waals surface area (Å²) in [7, 11) is 0. The quantitative estimate of drug-likeness (QED) is 0.912. The standard InChI is InChI=1S/C18H24N4O2/c1-11(2)8-17-20-16(21-24-17)10-22-12(3)9-14(18(19)23)13-6-4-5-7-15(13)22/h4-7,11-12,14H,8-10H2,1-3H3,(H2,19,23)/t12-,14+/m1/s1.